The van der Waals surface area contributed by atoms with Crippen molar-refractivity contribution >= 4 is 11.6 Å². The summed E-state index contributed by atoms with van der Waals surface area (Å²) in [7, 11) is 0. The van der Waals surface area contributed by atoms with E-state index in [1.54, 1.807) is 0 Å². The van der Waals surface area contributed by atoms with E-state index in [4.69, 9.17) is 4.52 Å². The Morgan fingerprint density at radius 3 is 2.76 bits per heavy atom. The highest BCUT2D eigenvalue weighted by atomic mass is 16.5. The number of amides is 1. The number of aryl methyl sites for hydroxylation is 4. The minimum atomic E-state index is -0.353. The lowest BCUT2D eigenvalue weighted by atomic mass is 9.98. The van der Waals surface area contributed by atoms with Crippen molar-refractivity contribution in [2.24, 2.45) is 0 Å². The predicted molar refractivity (Wildman–Crippen MR) is 111 cm³/mol. The van der Waals surface area contributed by atoms with Crippen molar-refractivity contribution in [3.63, 3.8) is 0 Å². The molecule has 0 saturated heterocycles. The standard InChI is InChI=1S/C22H27N5O2/c1-13-9-10-17(21-25-24-19-8-6-5-7-11-27(19)21)12-18(13)23-22(28)14(2)20-15(3)26-29-16(20)4/h9-10,12,14H,5-8,11H2,1-4H3,(H,23,28)/t14-/m1/s1. The smallest absolute Gasteiger partial charge is 0.231 e. The van der Waals surface area contributed by atoms with Crippen molar-refractivity contribution in [1.29, 1.82) is 0 Å². The van der Waals surface area contributed by atoms with Crippen LogP contribution in [-0.4, -0.2) is 25.8 Å². The predicted octanol–water partition coefficient (Wildman–Crippen LogP) is 4.33. The number of hydrogen-bond donors (Lipinski definition) is 1. The minimum Gasteiger partial charge on any atom is -0.361 e. The van der Waals surface area contributed by atoms with Crippen LogP contribution >= 0.6 is 0 Å². The molecule has 1 aliphatic rings. The summed E-state index contributed by atoms with van der Waals surface area (Å²) in [4.78, 5) is 12.9. The maximum atomic E-state index is 12.9. The normalized spacial score (nSPS) is 14.9. The van der Waals surface area contributed by atoms with E-state index in [2.05, 4.69) is 25.2 Å². The van der Waals surface area contributed by atoms with E-state index in [1.165, 1.54) is 6.42 Å². The number of nitrogens with one attached hydrogen (secondary N) is 1. The molecule has 4 rings (SSSR count). The summed E-state index contributed by atoms with van der Waals surface area (Å²) in [5, 5.41) is 15.9. The topological polar surface area (TPSA) is 85.8 Å². The summed E-state index contributed by atoms with van der Waals surface area (Å²) in [6, 6.07) is 6.06. The van der Waals surface area contributed by atoms with Gasteiger partial charge in [-0.05, 0) is 52.2 Å². The molecule has 7 heteroatoms. The van der Waals surface area contributed by atoms with E-state index in [-0.39, 0.29) is 11.8 Å². The number of nitrogens with zero attached hydrogens (tertiary/aromatic N) is 4. The Balaban J connectivity index is 1.61. The van der Waals surface area contributed by atoms with Crippen molar-refractivity contribution in [3.05, 3.63) is 46.6 Å². The van der Waals surface area contributed by atoms with E-state index in [1.807, 2.05) is 45.9 Å². The summed E-state index contributed by atoms with van der Waals surface area (Å²) in [6.07, 6.45) is 4.49. The SMILES string of the molecule is Cc1ccc(-c2nnc3n2CCCCC3)cc1NC(=O)[C@H](C)c1c(C)noc1C. The van der Waals surface area contributed by atoms with Crippen molar-refractivity contribution in [2.45, 2.75) is 65.8 Å². The van der Waals surface area contributed by atoms with E-state index in [0.717, 1.165) is 65.5 Å². The van der Waals surface area contributed by atoms with Gasteiger partial charge in [0.25, 0.3) is 0 Å². The zero-order chi connectivity index (χ0) is 20.5. The fourth-order valence-electron chi connectivity index (χ4n) is 4.07. The molecule has 0 bridgehead atoms. The summed E-state index contributed by atoms with van der Waals surface area (Å²) in [5.41, 5.74) is 4.36. The van der Waals surface area contributed by atoms with E-state index >= 15 is 0 Å². The van der Waals surface area contributed by atoms with Crippen LogP contribution in [-0.2, 0) is 17.8 Å². The Morgan fingerprint density at radius 1 is 1.17 bits per heavy atom. The van der Waals surface area contributed by atoms with Crippen LogP contribution in [0.2, 0.25) is 0 Å². The van der Waals surface area contributed by atoms with Gasteiger partial charge in [0.15, 0.2) is 5.82 Å². The molecule has 0 unspecified atom stereocenters. The van der Waals surface area contributed by atoms with Crippen molar-refractivity contribution < 1.29 is 9.32 Å². The highest BCUT2D eigenvalue weighted by molar-refractivity contribution is 5.97. The second-order valence-electron chi connectivity index (χ2n) is 7.88. The monoisotopic (exact) mass is 393 g/mol. The minimum absolute atomic E-state index is 0.0836. The number of benzene rings is 1. The zero-order valence-corrected chi connectivity index (χ0v) is 17.5. The second-order valence-corrected chi connectivity index (χ2v) is 7.88. The second kappa shape index (κ2) is 7.81. The first kappa shape index (κ1) is 19.4. The third-order valence-corrected chi connectivity index (χ3v) is 5.78. The molecule has 0 spiro atoms. The van der Waals surface area contributed by atoms with Gasteiger partial charge in [-0.1, -0.05) is 23.7 Å². The molecule has 0 fully saturated rings. The van der Waals surface area contributed by atoms with Crippen LogP contribution in [0, 0.1) is 20.8 Å². The van der Waals surface area contributed by atoms with Crippen molar-refractivity contribution in [3.8, 4) is 11.4 Å². The fourth-order valence-corrected chi connectivity index (χ4v) is 4.07. The van der Waals surface area contributed by atoms with Crippen LogP contribution in [0.1, 0.15) is 60.5 Å². The zero-order valence-electron chi connectivity index (χ0n) is 17.5. The summed E-state index contributed by atoms with van der Waals surface area (Å²) in [5.74, 6) is 2.17. The Hall–Kier alpha value is -2.96. The maximum Gasteiger partial charge on any atom is 0.231 e. The number of carbonyl (C=O) groups is 1. The first-order valence-corrected chi connectivity index (χ1v) is 10.2. The van der Waals surface area contributed by atoms with E-state index in [0.29, 0.717) is 5.76 Å². The van der Waals surface area contributed by atoms with Gasteiger partial charge < -0.3 is 14.4 Å². The largest absolute Gasteiger partial charge is 0.361 e. The average molecular weight is 393 g/mol. The molecule has 1 N–H and O–H groups in total. The van der Waals surface area contributed by atoms with Gasteiger partial charge in [0.1, 0.15) is 11.6 Å². The third kappa shape index (κ3) is 3.69. The number of aromatic nitrogens is 4. The van der Waals surface area contributed by atoms with Crippen LogP contribution in [0.4, 0.5) is 5.69 Å². The lowest BCUT2D eigenvalue weighted by Gasteiger charge is -2.15. The summed E-state index contributed by atoms with van der Waals surface area (Å²) < 4.78 is 7.44. The maximum absolute atomic E-state index is 12.9. The number of anilines is 1. The molecule has 1 amide bonds. The summed E-state index contributed by atoms with van der Waals surface area (Å²) >= 11 is 0. The van der Waals surface area contributed by atoms with Crippen LogP contribution in [0.5, 0.6) is 0 Å². The highest BCUT2D eigenvalue weighted by Gasteiger charge is 2.24. The lowest BCUT2D eigenvalue weighted by molar-refractivity contribution is -0.117. The van der Waals surface area contributed by atoms with Crippen LogP contribution in [0.15, 0.2) is 22.7 Å². The molecule has 0 aliphatic carbocycles. The number of carbonyl (C=O) groups excluding carboxylic acids is 1. The van der Waals surface area contributed by atoms with E-state index in [9.17, 15) is 4.79 Å². The number of hydrogen-bond acceptors (Lipinski definition) is 5. The molecule has 0 saturated carbocycles. The first-order valence-electron chi connectivity index (χ1n) is 10.2. The van der Waals surface area contributed by atoms with Gasteiger partial charge in [-0.15, -0.1) is 10.2 Å². The van der Waals surface area contributed by atoms with Gasteiger partial charge in [-0.25, -0.2) is 0 Å². The first-order chi connectivity index (χ1) is 14.0. The Kier molecular flexibility index (Phi) is 5.22. The molecular weight excluding hydrogens is 366 g/mol. The van der Waals surface area contributed by atoms with Gasteiger partial charge in [-0.2, -0.15) is 0 Å². The molecule has 1 atom stereocenters. The van der Waals surface area contributed by atoms with Gasteiger partial charge in [0.2, 0.25) is 5.91 Å². The van der Waals surface area contributed by atoms with Gasteiger partial charge in [-0.3, -0.25) is 4.79 Å². The Morgan fingerprint density at radius 2 is 2.00 bits per heavy atom. The molecule has 29 heavy (non-hydrogen) atoms. The number of fused-ring (bicyclic) bond motifs is 1. The molecule has 2 aromatic heterocycles. The molecule has 3 aromatic rings. The van der Waals surface area contributed by atoms with Gasteiger partial charge >= 0.3 is 0 Å². The van der Waals surface area contributed by atoms with Gasteiger partial charge in [0, 0.05) is 29.8 Å². The lowest BCUT2D eigenvalue weighted by Crippen LogP contribution is -2.20. The van der Waals surface area contributed by atoms with Crippen molar-refractivity contribution in [2.75, 3.05) is 5.32 Å². The summed E-state index contributed by atoms with van der Waals surface area (Å²) in [6.45, 7) is 8.50. The quantitative estimate of drug-likeness (QED) is 0.713. The molecule has 3 heterocycles. The molecule has 152 valence electrons. The van der Waals surface area contributed by atoms with Crippen LogP contribution in [0.25, 0.3) is 11.4 Å². The molecule has 0 radical (unpaired) electrons. The van der Waals surface area contributed by atoms with Crippen LogP contribution in [0.3, 0.4) is 0 Å². The molecule has 1 aliphatic heterocycles. The van der Waals surface area contributed by atoms with E-state index < -0.39 is 0 Å². The highest BCUT2D eigenvalue weighted by Crippen LogP contribution is 2.29. The Labute approximate surface area is 170 Å². The van der Waals surface area contributed by atoms with Crippen LogP contribution < -0.4 is 5.32 Å². The number of rotatable bonds is 4. The third-order valence-electron chi connectivity index (χ3n) is 5.78. The van der Waals surface area contributed by atoms with Gasteiger partial charge in [0.05, 0.1) is 11.6 Å². The van der Waals surface area contributed by atoms with Crippen molar-refractivity contribution in [1.82, 2.24) is 19.9 Å². The molecule has 1 aromatic carbocycles. The average Bonchev–Trinajstić information content (AvgIpc) is 3.16. The molecule has 7 nitrogen and oxygen atoms in total. The Bertz CT molecular complexity index is 1030. The fraction of sp³-hybridized carbons (Fsp3) is 0.455. The molecular formula is C22H27N5O2.